The summed E-state index contributed by atoms with van der Waals surface area (Å²) in [5.74, 6) is 0. The van der Waals surface area contributed by atoms with Gasteiger partial charge in [0.1, 0.15) is 0 Å². The molecule has 0 aliphatic heterocycles. The van der Waals surface area contributed by atoms with E-state index in [2.05, 4.69) is 6.92 Å². The van der Waals surface area contributed by atoms with Gasteiger partial charge in [0.25, 0.3) is 0 Å². The molecule has 0 rings (SSSR count). The predicted octanol–water partition coefficient (Wildman–Crippen LogP) is 1.94. The zero-order valence-electron chi connectivity index (χ0n) is 7.99. The van der Waals surface area contributed by atoms with Crippen LogP contribution in [0.2, 0.25) is 0 Å². The third kappa shape index (κ3) is 5.33. The number of hydrogen-bond acceptors (Lipinski definition) is 2. The Bertz CT molecular complexity index is 121. The van der Waals surface area contributed by atoms with Crippen LogP contribution < -0.4 is 0 Å². The minimum absolute atomic E-state index is 0.0885. The van der Waals surface area contributed by atoms with Crippen LogP contribution in [0.5, 0.6) is 0 Å². The van der Waals surface area contributed by atoms with Gasteiger partial charge in [-0.3, -0.25) is 0 Å². The first kappa shape index (κ1) is 11.7. The second kappa shape index (κ2) is 7.32. The zero-order valence-corrected chi connectivity index (χ0v) is 7.99. The predicted molar refractivity (Wildman–Crippen MR) is 50.8 cm³/mol. The summed E-state index contributed by atoms with van der Waals surface area (Å²) in [6, 6.07) is 0. The second-order valence-corrected chi connectivity index (χ2v) is 2.86. The molecule has 0 saturated heterocycles. The topological polar surface area (TPSA) is 29.5 Å². The fraction of sp³-hybridized carbons (Fsp3) is 0.700. The quantitative estimate of drug-likeness (QED) is 0.619. The van der Waals surface area contributed by atoms with Gasteiger partial charge in [-0.05, 0) is 26.2 Å². The summed E-state index contributed by atoms with van der Waals surface area (Å²) in [4.78, 5) is 0. The summed E-state index contributed by atoms with van der Waals surface area (Å²) in [6.07, 6.45) is 6.09. The summed E-state index contributed by atoms with van der Waals surface area (Å²) >= 11 is 0. The summed E-state index contributed by atoms with van der Waals surface area (Å²) in [5.41, 5.74) is 0. The van der Waals surface area contributed by atoms with Crippen LogP contribution in [0.4, 0.5) is 0 Å². The Morgan fingerprint density at radius 1 is 1.50 bits per heavy atom. The molecule has 71 valence electrons. The number of allylic oxidation sites excluding steroid dienone is 1. The first-order valence-electron chi connectivity index (χ1n) is 4.37. The molecular formula is C10H19O2. The van der Waals surface area contributed by atoms with Gasteiger partial charge in [0, 0.05) is 7.11 Å². The van der Waals surface area contributed by atoms with Gasteiger partial charge in [0.2, 0.25) is 0 Å². The van der Waals surface area contributed by atoms with Crippen molar-refractivity contribution in [1.82, 2.24) is 0 Å². The third-order valence-electron chi connectivity index (χ3n) is 1.83. The molecule has 2 heteroatoms. The molecule has 0 spiro atoms. The van der Waals surface area contributed by atoms with Crippen molar-refractivity contribution in [1.29, 1.82) is 0 Å². The fourth-order valence-electron chi connectivity index (χ4n) is 0.820. The van der Waals surface area contributed by atoms with Crippen LogP contribution in [0.15, 0.2) is 12.2 Å². The van der Waals surface area contributed by atoms with Crippen LogP contribution in [0, 0.1) is 6.92 Å². The van der Waals surface area contributed by atoms with Crippen molar-refractivity contribution < 1.29 is 9.84 Å². The van der Waals surface area contributed by atoms with Crippen molar-refractivity contribution in [2.75, 3.05) is 7.11 Å². The van der Waals surface area contributed by atoms with Crippen molar-refractivity contribution in [3.8, 4) is 0 Å². The van der Waals surface area contributed by atoms with E-state index in [1.807, 2.05) is 19.1 Å². The van der Waals surface area contributed by atoms with E-state index in [9.17, 15) is 5.11 Å². The lowest BCUT2D eigenvalue weighted by Crippen LogP contribution is -2.23. The van der Waals surface area contributed by atoms with E-state index >= 15 is 0 Å². The lowest BCUT2D eigenvalue weighted by atomic mass is 10.1. The third-order valence-corrected chi connectivity index (χ3v) is 1.83. The maximum absolute atomic E-state index is 9.43. The Morgan fingerprint density at radius 2 is 2.17 bits per heavy atom. The first-order chi connectivity index (χ1) is 5.72. The zero-order chi connectivity index (χ0) is 9.40. The molecule has 2 atom stereocenters. The van der Waals surface area contributed by atoms with Crippen molar-refractivity contribution >= 4 is 0 Å². The van der Waals surface area contributed by atoms with Gasteiger partial charge >= 0.3 is 0 Å². The molecule has 0 aliphatic rings. The van der Waals surface area contributed by atoms with Gasteiger partial charge in [-0.25, -0.2) is 0 Å². The van der Waals surface area contributed by atoms with Crippen LogP contribution in [0.25, 0.3) is 0 Å². The Kier molecular flexibility index (Phi) is 7.11. The van der Waals surface area contributed by atoms with Gasteiger partial charge < -0.3 is 9.84 Å². The Balaban J connectivity index is 3.48. The highest BCUT2D eigenvalue weighted by atomic mass is 16.5. The van der Waals surface area contributed by atoms with Gasteiger partial charge in [0.05, 0.1) is 12.2 Å². The fourth-order valence-corrected chi connectivity index (χ4v) is 0.820. The summed E-state index contributed by atoms with van der Waals surface area (Å²) in [5, 5.41) is 9.43. The van der Waals surface area contributed by atoms with Crippen LogP contribution in [-0.4, -0.2) is 24.4 Å². The minimum atomic E-state index is -0.393. The number of rotatable bonds is 6. The second-order valence-electron chi connectivity index (χ2n) is 2.86. The van der Waals surface area contributed by atoms with Crippen molar-refractivity contribution in [2.24, 2.45) is 0 Å². The number of methoxy groups -OCH3 is 1. The molecule has 0 bridgehead atoms. The van der Waals surface area contributed by atoms with Crippen LogP contribution >= 0.6 is 0 Å². The highest BCUT2D eigenvalue weighted by Crippen LogP contribution is 2.03. The van der Waals surface area contributed by atoms with E-state index in [0.717, 1.165) is 12.8 Å². The van der Waals surface area contributed by atoms with Crippen LogP contribution in [-0.2, 0) is 4.74 Å². The van der Waals surface area contributed by atoms with Gasteiger partial charge in [-0.2, -0.15) is 0 Å². The minimum Gasteiger partial charge on any atom is -0.390 e. The van der Waals surface area contributed by atoms with Crippen molar-refractivity contribution in [3.05, 3.63) is 19.1 Å². The molecule has 0 saturated carbocycles. The number of aliphatic hydroxyl groups excluding tert-OH is 1. The monoisotopic (exact) mass is 171 g/mol. The average molecular weight is 171 g/mol. The largest absolute Gasteiger partial charge is 0.390 e. The molecule has 2 nitrogen and oxygen atoms in total. The Labute approximate surface area is 75.2 Å². The molecule has 0 aromatic rings. The molecule has 0 aromatic carbocycles. The molecule has 1 N–H and O–H groups in total. The van der Waals surface area contributed by atoms with E-state index in [1.165, 1.54) is 0 Å². The molecular weight excluding hydrogens is 152 g/mol. The van der Waals surface area contributed by atoms with Gasteiger partial charge in [-0.15, -0.1) is 0 Å². The van der Waals surface area contributed by atoms with E-state index in [1.54, 1.807) is 7.11 Å². The Morgan fingerprint density at radius 3 is 2.67 bits per heavy atom. The maximum Gasteiger partial charge on any atom is 0.0833 e. The maximum atomic E-state index is 9.43. The molecule has 2 unspecified atom stereocenters. The highest BCUT2D eigenvalue weighted by molar-refractivity contribution is 4.85. The van der Waals surface area contributed by atoms with E-state index < -0.39 is 6.10 Å². The number of ether oxygens (including phenoxy) is 1. The molecule has 0 aliphatic carbocycles. The summed E-state index contributed by atoms with van der Waals surface area (Å²) < 4.78 is 4.97. The van der Waals surface area contributed by atoms with E-state index in [0.29, 0.717) is 6.42 Å². The SMILES string of the molecule is [CH2]CCC=CCC(O)C(C)OC. The molecule has 12 heavy (non-hydrogen) atoms. The first-order valence-corrected chi connectivity index (χ1v) is 4.37. The van der Waals surface area contributed by atoms with Gasteiger partial charge in [-0.1, -0.05) is 19.1 Å². The summed E-state index contributed by atoms with van der Waals surface area (Å²) in [6.45, 7) is 5.58. The number of unbranched alkanes of at least 4 members (excludes halogenated alkanes) is 1. The molecule has 1 radical (unpaired) electrons. The van der Waals surface area contributed by atoms with Crippen molar-refractivity contribution in [2.45, 2.75) is 38.4 Å². The highest BCUT2D eigenvalue weighted by Gasteiger charge is 2.10. The number of hydrogen-bond donors (Lipinski definition) is 1. The molecule has 0 heterocycles. The number of aliphatic hydroxyl groups is 1. The van der Waals surface area contributed by atoms with Crippen LogP contribution in [0.3, 0.4) is 0 Å². The van der Waals surface area contributed by atoms with E-state index in [-0.39, 0.29) is 6.10 Å². The standard InChI is InChI=1S/C10H19O2/c1-4-5-6-7-8-10(11)9(2)12-3/h6-7,9-11H,1,4-5,8H2,2-3H3. The lowest BCUT2D eigenvalue weighted by molar-refractivity contribution is 0.00173. The molecule has 0 amide bonds. The average Bonchev–Trinajstić information content (AvgIpc) is 2.10. The molecule has 0 fully saturated rings. The lowest BCUT2D eigenvalue weighted by Gasteiger charge is -2.14. The molecule has 0 aromatic heterocycles. The van der Waals surface area contributed by atoms with Crippen molar-refractivity contribution in [3.63, 3.8) is 0 Å². The summed E-state index contributed by atoms with van der Waals surface area (Å²) in [7, 11) is 1.60. The van der Waals surface area contributed by atoms with Crippen LogP contribution in [0.1, 0.15) is 26.2 Å². The Hall–Kier alpha value is -0.340. The van der Waals surface area contributed by atoms with E-state index in [4.69, 9.17) is 4.74 Å². The smallest absolute Gasteiger partial charge is 0.0833 e. The van der Waals surface area contributed by atoms with Gasteiger partial charge in [0.15, 0.2) is 0 Å². The normalized spacial score (nSPS) is 16.7.